The Labute approximate surface area is 189 Å². The first-order chi connectivity index (χ1) is 15.1. The molecule has 9 heteroatoms. The van der Waals surface area contributed by atoms with Crippen LogP contribution in [0.5, 0.6) is 0 Å². The molecule has 2 aromatic heterocycles. The van der Waals surface area contributed by atoms with E-state index in [4.69, 9.17) is 16.6 Å². The molecule has 0 aliphatic carbocycles. The van der Waals surface area contributed by atoms with Crippen molar-refractivity contribution in [1.29, 1.82) is 0 Å². The van der Waals surface area contributed by atoms with Gasteiger partial charge in [0.25, 0.3) is 0 Å². The number of fused-ring (bicyclic) bond motifs is 2. The van der Waals surface area contributed by atoms with E-state index >= 15 is 0 Å². The number of imidazole rings is 1. The van der Waals surface area contributed by atoms with Crippen LogP contribution in [0.3, 0.4) is 0 Å². The molecule has 0 bridgehead atoms. The highest BCUT2D eigenvalue weighted by Crippen LogP contribution is 2.42. The van der Waals surface area contributed by atoms with Gasteiger partial charge < -0.3 is 4.98 Å². The predicted octanol–water partition coefficient (Wildman–Crippen LogP) is 4.71. The zero-order valence-corrected chi connectivity index (χ0v) is 18.6. The first kappa shape index (κ1) is 20.0. The van der Waals surface area contributed by atoms with Crippen LogP contribution in [0.2, 0.25) is 5.02 Å². The Hall–Kier alpha value is -2.94. The van der Waals surface area contributed by atoms with E-state index in [1.807, 2.05) is 50.5 Å². The second-order valence-corrected chi connectivity index (χ2v) is 8.64. The summed E-state index contributed by atoms with van der Waals surface area (Å²) in [5, 5.41) is 5.81. The highest BCUT2D eigenvalue weighted by atomic mass is 35.5. The van der Waals surface area contributed by atoms with Gasteiger partial charge in [-0.2, -0.15) is 0 Å². The number of aromatic amines is 1. The van der Waals surface area contributed by atoms with Crippen LogP contribution in [0.15, 0.2) is 71.2 Å². The van der Waals surface area contributed by atoms with Crippen molar-refractivity contribution < 1.29 is 0 Å². The van der Waals surface area contributed by atoms with Gasteiger partial charge in [-0.3, -0.25) is 5.01 Å². The van der Waals surface area contributed by atoms with Gasteiger partial charge in [-0.1, -0.05) is 59.8 Å². The molecule has 7 nitrogen and oxygen atoms in total. The minimum absolute atomic E-state index is 0.0798. The number of aliphatic imine (C=N–C) groups is 1. The van der Waals surface area contributed by atoms with E-state index in [0.717, 1.165) is 43.9 Å². The molecule has 0 saturated carbocycles. The summed E-state index contributed by atoms with van der Waals surface area (Å²) >= 11 is 8.24. The average Bonchev–Trinajstić information content (AvgIpc) is 3.26. The number of hydrogen-bond acceptors (Lipinski definition) is 7. The maximum atomic E-state index is 6.65. The van der Waals surface area contributed by atoms with E-state index in [1.165, 1.54) is 0 Å². The molecular weight excluding hydrogens is 430 g/mol. The molecule has 31 heavy (non-hydrogen) atoms. The van der Waals surface area contributed by atoms with E-state index in [1.54, 1.807) is 24.4 Å². The van der Waals surface area contributed by atoms with Gasteiger partial charge in [-0.05, 0) is 17.7 Å². The molecule has 0 saturated heterocycles. The molecule has 0 amide bonds. The lowest BCUT2D eigenvalue weighted by molar-refractivity contribution is 0.0757. The van der Waals surface area contributed by atoms with Crippen molar-refractivity contribution >= 4 is 46.0 Å². The average molecular weight is 450 g/mol. The number of H-pyrrole nitrogens is 1. The lowest BCUT2D eigenvalue weighted by Crippen LogP contribution is -2.47. The fourth-order valence-corrected chi connectivity index (χ4v) is 4.94. The summed E-state index contributed by atoms with van der Waals surface area (Å²) in [5.41, 5.74) is 4.61. The number of thioether (sulfide) groups is 1. The maximum Gasteiger partial charge on any atom is 0.161 e. The molecule has 5 rings (SSSR count). The Kier molecular flexibility index (Phi) is 5.35. The SMILES string of the molecule is CN(C)N1C(CSc2ncnc3[nH]cnc23)=Nc2ccccc2C1c1ccccc1Cl. The van der Waals surface area contributed by atoms with E-state index in [9.17, 15) is 0 Å². The third-order valence-electron chi connectivity index (χ3n) is 5.14. The standard InChI is InChI=1S/C22H20ClN7S/c1-29(2)30-18(11-31-22-19-21(25-12-24-19)26-13-27-22)28-17-10-6-4-8-15(17)20(30)14-7-3-5-9-16(14)23/h3-10,12-13,20H,11H2,1-2H3,(H,24,25,26,27). The van der Waals surface area contributed by atoms with Gasteiger partial charge in [0.15, 0.2) is 5.65 Å². The molecule has 156 valence electrons. The second kappa shape index (κ2) is 8.30. The highest BCUT2D eigenvalue weighted by molar-refractivity contribution is 8.00. The molecule has 0 fully saturated rings. The predicted molar refractivity (Wildman–Crippen MR) is 125 cm³/mol. The van der Waals surface area contributed by atoms with Crippen molar-refractivity contribution in [3.63, 3.8) is 0 Å². The Morgan fingerprint density at radius 1 is 1.03 bits per heavy atom. The van der Waals surface area contributed by atoms with Gasteiger partial charge >= 0.3 is 0 Å². The molecule has 1 atom stereocenters. The number of nitrogens with zero attached hydrogens (tertiary/aromatic N) is 6. The number of rotatable bonds is 5. The number of benzene rings is 2. The van der Waals surface area contributed by atoms with Gasteiger partial charge in [0.1, 0.15) is 28.7 Å². The summed E-state index contributed by atoms with van der Waals surface area (Å²) in [6, 6.07) is 16.1. The minimum atomic E-state index is -0.0798. The van der Waals surface area contributed by atoms with Gasteiger partial charge in [0.05, 0.1) is 17.8 Å². The number of halogens is 1. The number of hydrogen-bond donors (Lipinski definition) is 1. The molecule has 0 radical (unpaired) electrons. The van der Waals surface area contributed by atoms with Crippen molar-refractivity contribution in [2.45, 2.75) is 11.1 Å². The first-order valence-electron chi connectivity index (χ1n) is 9.77. The summed E-state index contributed by atoms with van der Waals surface area (Å²) in [6.45, 7) is 0. The summed E-state index contributed by atoms with van der Waals surface area (Å²) in [4.78, 5) is 21.1. The fourth-order valence-electron chi connectivity index (χ4n) is 3.83. The van der Waals surface area contributed by atoms with Gasteiger partial charge in [0.2, 0.25) is 0 Å². The van der Waals surface area contributed by atoms with Crippen molar-refractivity contribution in [2.75, 3.05) is 19.8 Å². The lowest BCUT2D eigenvalue weighted by atomic mass is 9.95. The lowest BCUT2D eigenvalue weighted by Gasteiger charge is -2.42. The third kappa shape index (κ3) is 3.67. The smallest absolute Gasteiger partial charge is 0.161 e. The molecule has 1 N–H and O–H groups in total. The van der Waals surface area contributed by atoms with Crippen LogP contribution in [0.1, 0.15) is 17.2 Å². The Bertz CT molecular complexity index is 1270. The Morgan fingerprint density at radius 3 is 2.61 bits per heavy atom. The van der Waals surface area contributed by atoms with Crippen LogP contribution < -0.4 is 0 Å². The molecular formula is C22H20ClN7S. The molecule has 1 aliphatic rings. The monoisotopic (exact) mass is 449 g/mol. The number of aromatic nitrogens is 4. The number of nitrogens with one attached hydrogen (secondary N) is 1. The number of para-hydroxylation sites is 1. The Morgan fingerprint density at radius 2 is 1.81 bits per heavy atom. The minimum Gasteiger partial charge on any atom is -0.329 e. The largest absolute Gasteiger partial charge is 0.329 e. The quantitative estimate of drug-likeness (QED) is 0.351. The van der Waals surface area contributed by atoms with Crippen LogP contribution in [0, 0.1) is 0 Å². The van der Waals surface area contributed by atoms with Crippen LogP contribution >= 0.6 is 23.4 Å². The van der Waals surface area contributed by atoms with Crippen molar-refractivity contribution in [3.05, 3.63) is 77.3 Å². The van der Waals surface area contributed by atoms with Crippen LogP contribution in [-0.2, 0) is 0 Å². The van der Waals surface area contributed by atoms with Crippen molar-refractivity contribution in [2.24, 2.45) is 4.99 Å². The molecule has 0 spiro atoms. The summed E-state index contributed by atoms with van der Waals surface area (Å²) in [7, 11) is 4.04. The van der Waals surface area contributed by atoms with Gasteiger partial charge in [0, 0.05) is 24.7 Å². The normalized spacial score (nSPS) is 15.9. The van der Waals surface area contributed by atoms with Crippen molar-refractivity contribution in [3.8, 4) is 0 Å². The second-order valence-electron chi connectivity index (χ2n) is 7.27. The molecule has 4 aromatic rings. The topological polar surface area (TPSA) is 73.3 Å². The van der Waals surface area contributed by atoms with Gasteiger partial charge in [-0.15, -0.1) is 0 Å². The van der Waals surface area contributed by atoms with E-state index in [-0.39, 0.29) is 6.04 Å². The third-order valence-corrected chi connectivity index (χ3v) is 6.46. The first-order valence-corrected chi connectivity index (χ1v) is 11.1. The van der Waals surface area contributed by atoms with Crippen LogP contribution in [0.4, 0.5) is 5.69 Å². The molecule has 3 heterocycles. The van der Waals surface area contributed by atoms with E-state index in [0.29, 0.717) is 5.75 Å². The summed E-state index contributed by atoms with van der Waals surface area (Å²) in [6.07, 6.45) is 3.19. The molecule has 1 unspecified atom stereocenters. The van der Waals surface area contributed by atoms with E-state index in [2.05, 4.69) is 42.1 Å². The summed E-state index contributed by atoms with van der Waals surface area (Å²) < 4.78 is 0. The highest BCUT2D eigenvalue weighted by Gasteiger charge is 2.34. The molecule has 2 aromatic carbocycles. The zero-order chi connectivity index (χ0) is 21.4. The Balaban J connectivity index is 1.57. The van der Waals surface area contributed by atoms with Gasteiger partial charge in [-0.25, -0.2) is 25.0 Å². The zero-order valence-electron chi connectivity index (χ0n) is 17.0. The van der Waals surface area contributed by atoms with Crippen LogP contribution in [-0.4, -0.2) is 55.6 Å². The molecule has 1 aliphatic heterocycles. The number of amidine groups is 1. The maximum absolute atomic E-state index is 6.65. The van der Waals surface area contributed by atoms with E-state index < -0.39 is 0 Å². The van der Waals surface area contributed by atoms with Crippen molar-refractivity contribution in [1.82, 2.24) is 30.0 Å². The summed E-state index contributed by atoms with van der Waals surface area (Å²) in [5.74, 6) is 1.54. The fraction of sp³-hybridized carbons (Fsp3) is 0.182. The van der Waals surface area contributed by atoms with Crippen LogP contribution in [0.25, 0.3) is 11.2 Å². The number of hydrazine groups is 1.